The molecule has 0 aliphatic carbocycles. The molecule has 9 nitrogen and oxygen atoms in total. The number of hydrogen-bond acceptors (Lipinski definition) is 5. The van der Waals surface area contributed by atoms with Gasteiger partial charge in [-0.1, -0.05) is 29.8 Å². The zero-order valence-electron chi connectivity index (χ0n) is 21.0. The number of nitrogens with zero attached hydrogens (tertiary/aromatic N) is 3. The number of amides is 3. The first-order valence-corrected chi connectivity index (χ1v) is 12.2. The standard InChI is InChI=1S/C28H26F2N4O5/c1-17-5-2-6-18(11-17)23(15-24(35)36)32-25(37)26-33(27(38)19-7-3-8-31-16-19)9-4-10-34(26)28(39)20-12-21(29)14-22(30)13-20/h2-3,5-8,11-14,16,23,26H,4,9-10,15H2,1H3,(H,32,37)(H,35,36). The summed E-state index contributed by atoms with van der Waals surface area (Å²) in [6.07, 6.45) is 1.10. The number of benzene rings is 2. The highest BCUT2D eigenvalue weighted by Crippen LogP contribution is 2.24. The van der Waals surface area contributed by atoms with Crippen molar-refractivity contribution in [2.45, 2.75) is 32.0 Å². The van der Waals surface area contributed by atoms with E-state index < -0.39 is 54.0 Å². The predicted molar refractivity (Wildman–Crippen MR) is 135 cm³/mol. The maximum atomic E-state index is 13.9. The van der Waals surface area contributed by atoms with Gasteiger partial charge in [0.1, 0.15) is 11.6 Å². The highest BCUT2D eigenvalue weighted by atomic mass is 19.1. The summed E-state index contributed by atoms with van der Waals surface area (Å²) in [6, 6.07) is 11.3. The summed E-state index contributed by atoms with van der Waals surface area (Å²) in [5.41, 5.74) is 1.20. The number of carbonyl (C=O) groups excluding carboxylic acids is 3. The van der Waals surface area contributed by atoms with E-state index in [2.05, 4.69) is 10.3 Å². The second-order valence-corrected chi connectivity index (χ2v) is 9.20. The van der Waals surface area contributed by atoms with E-state index in [1.165, 1.54) is 23.4 Å². The van der Waals surface area contributed by atoms with Crippen LogP contribution in [0.25, 0.3) is 0 Å². The van der Waals surface area contributed by atoms with Crippen LogP contribution in [-0.2, 0) is 9.59 Å². The molecule has 0 spiro atoms. The van der Waals surface area contributed by atoms with Gasteiger partial charge in [0.2, 0.25) is 0 Å². The van der Waals surface area contributed by atoms with Crippen LogP contribution in [0.3, 0.4) is 0 Å². The number of carboxylic acids is 1. The molecule has 2 atom stereocenters. The van der Waals surface area contributed by atoms with Crippen LogP contribution in [0.1, 0.15) is 50.7 Å². The largest absolute Gasteiger partial charge is 0.481 e. The number of aromatic nitrogens is 1. The normalized spacial score (nSPS) is 15.9. The molecular weight excluding hydrogens is 510 g/mol. The zero-order chi connectivity index (χ0) is 28.1. The van der Waals surface area contributed by atoms with Crippen LogP contribution in [-0.4, -0.2) is 62.8 Å². The summed E-state index contributed by atoms with van der Waals surface area (Å²) in [6.45, 7) is 1.93. The molecular formula is C28H26F2N4O5. The van der Waals surface area contributed by atoms with Gasteiger partial charge in [-0.15, -0.1) is 0 Å². The third-order valence-corrected chi connectivity index (χ3v) is 6.30. The number of nitrogens with one attached hydrogen (secondary N) is 1. The Morgan fingerprint density at radius 2 is 1.64 bits per heavy atom. The summed E-state index contributed by atoms with van der Waals surface area (Å²) < 4.78 is 27.9. The average Bonchev–Trinajstić information content (AvgIpc) is 2.91. The van der Waals surface area contributed by atoms with Gasteiger partial charge in [-0.2, -0.15) is 0 Å². The fraction of sp³-hybridized carbons (Fsp3) is 0.250. The van der Waals surface area contributed by atoms with Crippen LogP contribution in [0.5, 0.6) is 0 Å². The van der Waals surface area contributed by atoms with Crippen LogP contribution in [0.2, 0.25) is 0 Å². The number of aliphatic carboxylic acids is 1. The highest BCUT2D eigenvalue weighted by molar-refractivity contribution is 6.01. The summed E-state index contributed by atoms with van der Waals surface area (Å²) in [4.78, 5) is 58.6. The average molecular weight is 537 g/mol. The molecule has 11 heteroatoms. The van der Waals surface area contributed by atoms with Gasteiger partial charge in [-0.05, 0) is 43.2 Å². The summed E-state index contributed by atoms with van der Waals surface area (Å²) >= 11 is 0. The first-order chi connectivity index (χ1) is 18.6. The monoisotopic (exact) mass is 536 g/mol. The van der Waals surface area contributed by atoms with Crippen molar-refractivity contribution in [1.29, 1.82) is 0 Å². The van der Waals surface area contributed by atoms with Gasteiger partial charge in [0.05, 0.1) is 18.0 Å². The molecule has 2 unspecified atom stereocenters. The first-order valence-electron chi connectivity index (χ1n) is 12.2. The molecule has 1 aliphatic heterocycles. The van der Waals surface area contributed by atoms with Crippen molar-refractivity contribution >= 4 is 23.7 Å². The molecule has 1 aliphatic rings. The molecule has 2 aromatic carbocycles. The van der Waals surface area contributed by atoms with Gasteiger partial charge < -0.3 is 20.2 Å². The molecule has 3 aromatic rings. The molecule has 202 valence electrons. The molecule has 0 radical (unpaired) electrons. The molecule has 0 bridgehead atoms. The number of hydrogen-bond donors (Lipinski definition) is 2. The molecule has 1 aromatic heterocycles. The molecule has 2 heterocycles. The minimum atomic E-state index is -1.52. The Morgan fingerprint density at radius 3 is 2.23 bits per heavy atom. The number of halogens is 2. The fourth-order valence-corrected chi connectivity index (χ4v) is 4.59. The number of pyridine rings is 1. The second kappa shape index (κ2) is 11.8. The van der Waals surface area contributed by atoms with Crippen molar-refractivity contribution in [2.75, 3.05) is 13.1 Å². The lowest BCUT2D eigenvalue weighted by Crippen LogP contribution is -2.63. The van der Waals surface area contributed by atoms with Gasteiger partial charge in [0.25, 0.3) is 17.7 Å². The lowest BCUT2D eigenvalue weighted by Gasteiger charge is -2.43. The molecule has 1 saturated heterocycles. The van der Waals surface area contributed by atoms with Crippen molar-refractivity contribution in [3.05, 3.63) is 101 Å². The summed E-state index contributed by atoms with van der Waals surface area (Å²) in [5.74, 6) is -5.37. The van der Waals surface area contributed by atoms with Gasteiger partial charge in [-0.3, -0.25) is 24.2 Å². The predicted octanol–water partition coefficient (Wildman–Crippen LogP) is 3.31. The van der Waals surface area contributed by atoms with Crippen LogP contribution in [0.15, 0.2) is 67.0 Å². The van der Waals surface area contributed by atoms with Crippen LogP contribution >= 0.6 is 0 Å². The SMILES string of the molecule is Cc1cccc(C(CC(=O)O)NC(=O)C2N(C(=O)c3cccnc3)CCCN2C(=O)c2cc(F)cc(F)c2)c1. The minimum absolute atomic E-state index is 0.0138. The number of rotatable bonds is 7. The number of carbonyl (C=O) groups is 4. The Balaban J connectivity index is 1.73. The van der Waals surface area contributed by atoms with E-state index in [4.69, 9.17) is 0 Å². The highest BCUT2D eigenvalue weighted by Gasteiger charge is 2.42. The number of carboxylic acid groups (broad SMARTS) is 1. The molecule has 0 saturated carbocycles. The van der Waals surface area contributed by atoms with Crippen molar-refractivity contribution in [3.8, 4) is 0 Å². The Hall–Kier alpha value is -4.67. The summed E-state index contributed by atoms with van der Waals surface area (Å²) in [5, 5.41) is 12.2. The lowest BCUT2D eigenvalue weighted by atomic mass is 10.0. The zero-order valence-corrected chi connectivity index (χ0v) is 21.0. The van der Waals surface area contributed by atoms with Gasteiger partial charge in [0, 0.05) is 37.1 Å². The van der Waals surface area contributed by atoms with Crippen molar-refractivity contribution in [1.82, 2.24) is 20.1 Å². The maximum Gasteiger partial charge on any atom is 0.305 e. The topological polar surface area (TPSA) is 120 Å². The van der Waals surface area contributed by atoms with E-state index in [1.807, 2.05) is 13.0 Å². The summed E-state index contributed by atoms with van der Waals surface area (Å²) in [7, 11) is 0. The van der Waals surface area contributed by atoms with Crippen molar-refractivity contribution in [3.63, 3.8) is 0 Å². The van der Waals surface area contributed by atoms with Crippen LogP contribution in [0, 0.1) is 18.6 Å². The molecule has 2 N–H and O–H groups in total. The first kappa shape index (κ1) is 27.4. The van der Waals surface area contributed by atoms with E-state index >= 15 is 0 Å². The van der Waals surface area contributed by atoms with Crippen LogP contribution in [0.4, 0.5) is 8.78 Å². The van der Waals surface area contributed by atoms with E-state index in [-0.39, 0.29) is 30.6 Å². The van der Waals surface area contributed by atoms with Gasteiger partial charge in [-0.25, -0.2) is 8.78 Å². The third-order valence-electron chi connectivity index (χ3n) is 6.30. The fourth-order valence-electron chi connectivity index (χ4n) is 4.59. The van der Waals surface area contributed by atoms with Gasteiger partial charge >= 0.3 is 5.97 Å². The third kappa shape index (κ3) is 6.43. The smallest absolute Gasteiger partial charge is 0.305 e. The Labute approximate surface area is 223 Å². The quantitative estimate of drug-likeness (QED) is 0.478. The van der Waals surface area contributed by atoms with E-state index in [0.29, 0.717) is 11.6 Å². The van der Waals surface area contributed by atoms with Crippen molar-refractivity contribution in [2.24, 2.45) is 0 Å². The van der Waals surface area contributed by atoms with Crippen molar-refractivity contribution < 1.29 is 33.1 Å². The maximum absolute atomic E-state index is 13.9. The number of aryl methyl sites for hydroxylation is 1. The second-order valence-electron chi connectivity index (χ2n) is 9.20. The van der Waals surface area contributed by atoms with Crippen LogP contribution < -0.4 is 5.32 Å². The van der Waals surface area contributed by atoms with Gasteiger partial charge in [0.15, 0.2) is 6.17 Å². The molecule has 39 heavy (non-hydrogen) atoms. The van der Waals surface area contributed by atoms with E-state index in [9.17, 15) is 33.1 Å². The molecule has 3 amide bonds. The Bertz CT molecular complexity index is 1380. The molecule has 1 fully saturated rings. The Kier molecular flexibility index (Phi) is 8.28. The van der Waals surface area contributed by atoms with E-state index in [1.54, 1.807) is 24.3 Å². The van der Waals surface area contributed by atoms with E-state index in [0.717, 1.165) is 22.6 Å². The minimum Gasteiger partial charge on any atom is -0.481 e. The molecule has 4 rings (SSSR count). The lowest BCUT2D eigenvalue weighted by molar-refractivity contribution is -0.138. The Morgan fingerprint density at radius 1 is 0.974 bits per heavy atom.